The number of aromatic nitrogens is 2. The molecule has 0 bridgehead atoms. The molecule has 1 aromatic carbocycles. The van der Waals surface area contributed by atoms with Crippen LogP contribution in [0.3, 0.4) is 0 Å². The Hall–Kier alpha value is -3.75. The lowest BCUT2D eigenvalue weighted by atomic mass is 9.91. The quantitative estimate of drug-likeness (QED) is 0.581. The molecule has 0 spiro atoms. The number of carbonyl (C=O) groups is 2. The highest BCUT2D eigenvalue weighted by atomic mass is 16.6. The minimum Gasteiger partial charge on any atom is -0.482 e. The van der Waals surface area contributed by atoms with Crippen molar-refractivity contribution in [3.8, 4) is 5.75 Å². The first-order chi connectivity index (χ1) is 16.6. The summed E-state index contributed by atoms with van der Waals surface area (Å²) in [6, 6.07) is 9.69. The monoisotopic (exact) mass is 477 g/mol. The van der Waals surface area contributed by atoms with Crippen molar-refractivity contribution < 1.29 is 19.1 Å². The Balaban J connectivity index is 1.37. The van der Waals surface area contributed by atoms with E-state index in [1.807, 2.05) is 59.1 Å². The Morgan fingerprint density at radius 3 is 2.86 bits per heavy atom. The minimum absolute atomic E-state index is 0.0136. The number of likely N-dealkylation sites (N-methyl/N-ethyl adjacent to an activating group) is 1. The Morgan fingerprint density at radius 2 is 2.09 bits per heavy atom. The first-order valence-electron chi connectivity index (χ1n) is 11.9. The van der Waals surface area contributed by atoms with Crippen molar-refractivity contribution in [2.45, 2.75) is 51.7 Å². The van der Waals surface area contributed by atoms with Gasteiger partial charge in [-0.2, -0.15) is 0 Å². The summed E-state index contributed by atoms with van der Waals surface area (Å²) in [6.07, 6.45) is 2.23. The second-order valence-corrected chi connectivity index (χ2v) is 10.2. The van der Waals surface area contributed by atoms with Crippen molar-refractivity contribution in [1.82, 2.24) is 14.5 Å². The molecule has 2 aliphatic rings. The number of pyridine rings is 1. The maximum absolute atomic E-state index is 12.6. The lowest BCUT2D eigenvalue weighted by Gasteiger charge is -2.33. The number of fused-ring (bicyclic) bond motifs is 4. The summed E-state index contributed by atoms with van der Waals surface area (Å²) in [5.41, 5.74) is 4.38. The number of nitrogens with zero attached hydrogens (tertiary/aromatic N) is 3. The number of nitrogens with one attached hydrogen (secondary N) is 2. The van der Waals surface area contributed by atoms with Gasteiger partial charge in [0.15, 0.2) is 6.61 Å². The van der Waals surface area contributed by atoms with Crippen LogP contribution in [-0.2, 0) is 29.4 Å². The van der Waals surface area contributed by atoms with E-state index < -0.39 is 5.60 Å². The van der Waals surface area contributed by atoms with Gasteiger partial charge in [0, 0.05) is 43.0 Å². The average molecular weight is 478 g/mol. The highest BCUT2D eigenvalue weighted by Gasteiger charge is 2.31. The van der Waals surface area contributed by atoms with E-state index in [0.29, 0.717) is 11.4 Å². The Morgan fingerprint density at radius 1 is 1.29 bits per heavy atom. The molecule has 0 radical (unpaired) electrons. The van der Waals surface area contributed by atoms with Crippen LogP contribution in [0.4, 0.5) is 22.0 Å². The summed E-state index contributed by atoms with van der Waals surface area (Å²) in [5.74, 6) is 1.19. The highest BCUT2D eigenvalue weighted by molar-refractivity contribution is 5.95. The van der Waals surface area contributed by atoms with Crippen LogP contribution >= 0.6 is 0 Å². The summed E-state index contributed by atoms with van der Waals surface area (Å²) < 4.78 is 13.3. The van der Waals surface area contributed by atoms with Crippen LogP contribution in [0.1, 0.15) is 38.4 Å². The van der Waals surface area contributed by atoms with Crippen LogP contribution in [0.15, 0.2) is 30.3 Å². The number of amides is 2. The van der Waals surface area contributed by atoms with Crippen molar-refractivity contribution in [3.05, 3.63) is 41.6 Å². The third kappa shape index (κ3) is 4.50. The molecule has 9 nitrogen and oxygen atoms in total. The van der Waals surface area contributed by atoms with Gasteiger partial charge in [-0.05, 0) is 69.9 Å². The predicted octanol–water partition coefficient (Wildman–Crippen LogP) is 4.37. The van der Waals surface area contributed by atoms with E-state index >= 15 is 0 Å². The predicted molar refractivity (Wildman–Crippen MR) is 134 cm³/mol. The molecule has 1 aliphatic heterocycles. The molecule has 184 valence electrons. The van der Waals surface area contributed by atoms with Crippen LogP contribution in [0.5, 0.6) is 5.75 Å². The number of aryl methyl sites for hydroxylation is 1. The first-order valence-corrected chi connectivity index (χ1v) is 11.9. The zero-order valence-corrected chi connectivity index (χ0v) is 20.8. The molecule has 2 amide bonds. The van der Waals surface area contributed by atoms with Gasteiger partial charge in [-0.1, -0.05) is 0 Å². The average Bonchev–Trinajstić information content (AvgIpc) is 3.08. The topological polar surface area (TPSA) is 97.7 Å². The van der Waals surface area contributed by atoms with Crippen molar-refractivity contribution >= 4 is 40.2 Å². The van der Waals surface area contributed by atoms with Gasteiger partial charge in [-0.15, -0.1) is 0 Å². The lowest BCUT2D eigenvalue weighted by Crippen LogP contribution is -2.43. The van der Waals surface area contributed by atoms with Crippen LogP contribution < -0.4 is 15.4 Å². The van der Waals surface area contributed by atoms with Crippen molar-refractivity contribution in [2.24, 2.45) is 7.05 Å². The van der Waals surface area contributed by atoms with Gasteiger partial charge < -0.3 is 29.6 Å². The molecule has 1 aliphatic carbocycles. The third-order valence-electron chi connectivity index (χ3n) is 6.54. The minimum atomic E-state index is -0.518. The maximum Gasteiger partial charge on any atom is 0.410 e. The molecule has 9 heteroatoms. The Labute approximate surface area is 204 Å². The fraction of sp³-hybridized carbons (Fsp3) is 0.423. The molecular weight excluding hydrogens is 446 g/mol. The normalized spacial score (nSPS) is 17.2. The number of carbonyl (C=O) groups excluding carboxylic acids is 2. The van der Waals surface area contributed by atoms with Gasteiger partial charge in [-0.3, -0.25) is 4.79 Å². The SMILES string of the molecule is CN(C(=O)OC(C)(C)C)C1CCc2c(c3ccc(Nc4ccc5c(c4)OCC(=O)N5)nc3n2C)C1. The van der Waals surface area contributed by atoms with Crippen LogP contribution in [0.25, 0.3) is 11.0 Å². The second kappa shape index (κ2) is 8.48. The maximum atomic E-state index is 12.6. The summed E-state index contributed by atoms with van der Waals surface area (Å²) >= 11 is 0. The number of benzene rings is 1. The van der Waals surface area contributed by atoms with Crippen LogP contribution in [0.2, 0.25) is 0 Å². The molecular formula is C26H31N5O4. The van der Waals surface area contributed by atoms with E-state index in [4.69, 9.17) is 14.5 Å². The molecule has 35 heavy (non-hydrogen) atoms. The van der Waals surface area contributed by atoms with Crippen molar-refractivity contribution in [3.63, 3.8) is 0 Å². The number of hydrogen-bond acceptors (Lipinski definition) is 6. The van der Waals surface area contributed by atoms with Gasteiger partial charge in [0.1, 0.15) is 22.8 Å². The largest absolute Gasteiger partial charge is 0.482 e. The summed E-state index contributed by atoms with van der Waals surface area (Å²) in [6.45, 7) is 5.66. The van der Waals surface area contributed by atoms with Gasteiger partial charge >= 0.3 is 6.09 Å². The second-order valence-electron chi connectivity index (χ2n) is 10.2. The molecule has 2 aromatic heterocycles. The molecule has 5 rings (SSSR count). The fourth-order valence-corrected chi connectivity index (χ4v) is 4.80. The molecule has 1 unspecified atom stereocenters. The zero-order chi connectivity index (χ0) is 24.9. The van der Waals surface area contributed by atoms with Gasteiger partial charge in [0.25, 0.3) is 5.91 Å². The molecule has 2 N–H and O–H groups in total. The van der Waals surface area contributed by atoms with E-state index in [-0.39, 0.29) is 24.6 Å². The van der Waals surface area contributed by atoms with Crippen LogP contribution in [0, 0.1) is 0 Å². The third-order valence-corrected chi connectivity index (χ3v) is 6.54. The molecule has 3 aromatic rings. The Kier molecular flexibility index (Phi) is 5.57. The number of anilines is 3. The first kappa shape index (κ1) is 23.0. The van der Waals surface area contributed by atoms with E-state index in [0.717, 1.165) is 41.8 Å². The Bertz CT molecular complexity index is 1320. The van der Waals surface area contributed by atoms with Crippen molar-refractivity contribution in [2.75, 3.05) is 24.3 Å². The van der Waals surface area contributed by atoms with Crippen molar-refractivity contribution in [1.29, 1.82) is 0 Å². The number of ether oxygens (including phenoxy) is 2. The van der Waals surface area contributed by atoms with Crippen LogP contribution in [-0.4, -0.2) is 51.7 Å². The highest BCUT2D eigenvalue weighted by Crippen LogP contribution is 2.35. The lowest BCUT2D eigenvalue weighted by molar-refractivity contribution is -0.118. The molecule has 1 atom stereocenters. The van der Waals surface area contributed by atoms with Gasteiger partial charge in [0.05, 0.1) is 5.69 Å². The van der Waals surface area contributed by atoms with Gasteiger partial charge in [0.2, 0.25) is 0 Å². The number of rotatable bonds is 3. The zero-order valence-electron chi connectivity index (χ0n) is 20.8. The van der Waals surface area contributed by atoms with E-state index in [2.05, 4.69) is 21.3 Å². The number of hydrogen-bond donors (Lipinski definition) is 2. The molecule has 0 fully saturated rings. The van der Waals surface area contributed by atoms with Gasteiger partial charge in [-0.25, -0.2) is 9.78 Å². The van der Waals surface area contributed by atoms with E-state index in [1.165, 1.54) is 11.3 Å². The standard InChI is InChI=1S/C26H31N5O4/c1-26(2,3)35-25(33)30(4)16-7-10-20-18(13-16)17-8-11-22(29-24(17)31(20)5)27-15-6-9-19-21(12-15)34-14-23(32)28-19/h6,8-9,11-12,16H,7,10,13-14H2,1-5H3,(H,27,29)(H,28,32). The molecule has 0 saturated heterocycles. The summed E-state index contributed by atoms with van der Waals surface area (Å²) in [5, 5.41) is 7.24. The van der Waals surface area contributed by atoms with E-state index in [9.17, 15) is 9.59 Å². The molecule has 0 saturated carbocycles. The summed E-state index contributed by atoms with van der Waals surface area (Å²) in [7, 11) is 3.87. The summed E-state index contributed by atoms with van der Waals surface area (Å²) in [4.78, 5) is 30.7. The smallest absolute Gasteiger partial charge is 0.410 e. The fourth-order valence-electron chi connectivity index (χ4n) is 4.80. The van der Waals surface area contributed by atoms with E-state index in [1.54, 1.807) is 4.90 Å². The molecule has 3 heterocycles.